The van der Waals surface area contributed by atoms with Crippen molar-refractivity contribution >= 4 is 28.7 Å². The van der Waals surface area contributed by atoms with Crippen molar-refractivity contribution in [2.45, 2.75) is 32.0 Å². The molecule has 1 fully saturated rings. The molecule has 0 unspecified atom stereocenters. The minimum atomic E-state index is -0.955. The highest BCUT2D eigenvalue weighted by Gasteiger charge is 2.39. The molecule has 8 heteroatoms. The molecule has 1 amide bonds. The fraction of sp³-hybridized carbons (Fsp3) is 0.350. The van der Waals surface area contributed by atoms with Crippen LogP contribution in [-0.4, -0.2) is 46.3 Å². The average Bonchev–Trinajstić information content (AvgIpc) is 3.10. The number of carbonyl (C=O) groups excluding carboxylic acids is 1. The van der Waals surface area contributed by atoms with Crippen LogP contribution >= 0.6 is 0 Å². The molecule has 144 valence electrons. The number of benzene rings is 1. The summed E-state index contributed by atoms with van der Waals surface area (Å²) in [4.78, 5) is 19.1. The Labute approximate surface area is 161 Å². The van der Waals surface area contributed by atoms with E-state index in [9.17, 15) is 9.18 Å². The van der Waals surface area contributed by atoms with Gasteiger partial charge in [-0.05, 0) is 30.5 Å². The summed E-state index contributed by atoms with van der Waals surface area (Å²) in [7, 11) is 1.81. The lowest BCUT2D eigenvalue weighted by Gasteiger charge is -2.20. The van der Waals surface area contributed by atoms with E-state index >= 15 is 0 Å². The second-order valence-corrected chi connectivity index (χ2v) is 7.35. The zero-order chi connectivity index (χ0) is 19.4. The van der Waals surface area contributed by atoms with Gasteiger partial charge in [0, 0.05) is 31.8 Å². The predicted octanol–water partition coefficient (Wildman–Crippen LogP) is 2.61. The van der Waals surface area contributed by atoms with Crippen molar-refractivity contribution in [1.82, 2.24) is 19.9 Å². The number of aromatic nitrogens is 3. The van der Waals surface area contributed by atoms with Gasteiger partial charge in [-0.3, -0.25) is 4.79 Å². The first kappa shape index (κ1) is 17.0. The van der Waals surface area contributed by atoms with Gasteiger partial charge in [-0.1, -0.05) is 12.1 Å². The van der Waals surface area contributed by atoms with Gasteiger partial charge >= 0.3 is 0 Å². The number of aryl methyl sites for hydroxylation is 1. The van der Waals surface area contributed by atoms with Crippen molar-refractivity contribution < 1.29 is 9.18 Å². The first-order valence-electron chi connectivity index (χ1n) is 9.44. The molecule has 1 aromatic carbocycles. The molecule has 2 aromatic heterocycles. The summed E-state index contributed by atoms with van der Waals surface area (Å²) < 4.78 is 14.7. The minimum Gasteiger partial charge on any atom is -0.385 e. The number of nitrogens with one attached hydrogen (secondary N) is 2. The molecule has 2 N–H and O–H groups in total. The first-order chi connectivity index (χ1) is 13.6. The van der Waals surface area contributed by atoms with Crippen molar-refractivity contribution in [2.75, 3.05) is 23.8 Å². The summed E-state index contributed by atoms with van der Waals surface area (Å²) in [5.74, 6) is 0.380. The molecule has 3 aromatic rings. The van der Waals surface area contributed by atoms with E-state index in [1.165, 1.54) is 17.3 Å². The van der Waals surface area contributed by atoms with Crippen LogP contribution < -0.4 is 15.5 Å². The van der Waals surface area contributed by atoms with Crippen LogP contribution in [0, 0.1) is 6.92 Å². The Kier molecular flexibility index (Phi) is 3.75. The highest BCUT2D eigenvalue weighted by Crippen LogP contribution is 2.36. The largest absolute Gasteiger partial charge is 0.385 e. The maximum Gasteiger partial charge on any atom is 0.271 e. The molecule has 0 radical (unpaired) electrons. The predicted molar refractivity (Wildman–Crippen MR) is 105 cm³/mol. The van der Waals surface area contributed by atoms with Gasteiger partial charge in [0.25, 0.3) is 5.91 Å². The number of rotatable bonds is 4. The number of nitrogens with zero attached hydrogens (tertiary/aromatic N) is 4. The highest BCUT2D eigenvalue weighted by atomic mass is 19.1. The van der Waals surface area contributed by atoms with Crippen molar-refractivity contribution in [3.8, 4) is 0 Å². The van der Waals surface area contributed by atoms with Crippen LogP contribution in [0.4, 0.5) is 21.6 Å². The topological polar surface area (TPSA) is 74.6 Å². The Morgan fingerprint density at radius 1 is 1.36 bits per heavy atom. The van der Waals surface area contributed by atoms with Crippen LogP contribution in [0.1, 0.15) is 28.0 Å². The molecule has 1 aliphatic heterocycles. The van der Waals surface area contributed by atoms with Crippen LogP contribution in [0.25, 0.3) is 5.65 Å². The number of halogens is 1. The van der Waals surface area contributed by atoms with Gasteiger partial charge in [-0.15, -0.1) is 5.10 Å². The van der Waals surface area contributed by atoms with Gasteiger partial charge < -0.3 is 15.5 Å². The van der Waals surface area contributed by atoms with Gasteiger partial charge in [0.1, 0.15) is 6.17 Å². The fourth-order valence-electron chi connectivity index (χ4n) is 3.83. The van der Waals surface area contributed by atoms with Crippen LogP contribution in [0.5, 0.6) is 0 Å². The molecular formula is C20H21FN6O. The van der Waals surface area contributed by atoms with E-state index in [1.807, 2.05) is 19.2 Å². The van der Waals surface area contributed by atoms with E-state index in [1.54, 1.807) is 4.52 Å². The molecule has 0 bridgehead atoms. The summed E-state index contributed by atoms with van der Waals surface area (Å²) >= 11 is 0. The number of anilines is 3. The van der Waals surface area contributed by atoms with Crippen LogP contribution in [0.15, 0.2) is 30.5 Å². The SMILES string of the molecule is CNc1cc(N2CCc3c(C)cccc32)nn2c(C(=O)N[C@@H]3C[C@@H]3F)cnc12. The fourth-order valence-corrected chi connectivity index (χ4v) is 3.83. The highest BCUT2D eigenvalue weighted by molar-refractivity contribution is 5.94. The van der Waals surface area contributed by atoms with E-state index in [4.69, 9.17) is 5.10 Å². The van der Waals surface area contributed by atoms with Gasteiger partial charge in [0.05, 0.1) is 17.9 Å². The monoisotopic (exact) mass is 380 g/mol. The Bertz CT molecular complexity index is 1090. The molecule has 2 atom stereocenters. The molecule has 7 nitrogen and oxygen atoms in total. The van der Waals surface area contributed by atoms with E-state index < -0.39 is 12.2 Å². The first-order valence-corrected chi connectivity index (χ1v) is 9.44. The quantitative estimate of drug-likeness (QED) is 0.728. The normalized spacial score (nSPS) is 20.3. The third-order valence-corrected chi connectivity index (χ3v) is 5.52. The number of hydrogen-bond donors (Lipinski definition) is 2. The Hall–Kier alpha value is -3.16. The standard InChI is InChI=1S/C20H21FN6O/c1-11-4-3-5-16-12(11)6-7-26(16)18-9-15(22-2)19-23-10-17(27(19)25-18)20(28)24-14-8-13(14)21/h3-5,9-10,13-14,22H,6-8H2,1-2H3,(H,24,28)/t13-,14+/m0/s1. The Morgan fingerprint density at radius 2 is 2.18 bits per heavy atom. The van der Waals surface area contributed by atoms with Gasteiger partial charge in [0.2, 0.25) is 0 Å². The second kappa shape index (κ2) is 6.19. The summed E-state index contributed by atoms with van der Waals surface area (Å²) in [5, 5.41) is 10.5. The number of imidazole rings is 1. The molecule has 0 spiro atoms. The minimum absolute atomic E-state index is 0.302. The number of hydrogen-bond acceptors (Lipinski definition) is 5. The van der Waals surface area contributed by atoms with Gasteiger partial charge in [-0.25, -0.2) is 13.9 Å². The lowest BCUT2D eigenvalue weighted by Crippen LogP contribution is -2.28. The number of carbonyl (C=O) groups is 1. The summed E-state index contributed by atoms with van der Waals surface area (Å²) in [6.07, 6.45) is 1.85. The smallest absolute Gasteiger partial charge is 0.271 e. The molecule has 3 heterocycles. The maximum absolute atomic E-state index is 13.2. The van der Waals surface area contributed by atoms with Crippen LogP contribution in [0.3, 0.4) is 0 Å². The van der Waals surface area contributed by atoms with Crippen molar-refractivity contribution in [3.05, 3.63) is 47.3 Å². The van der Waals surface area contributed by atoms with E-state index in [-0.39, 0.29) is 5.91 Å². The van der Waals surface area contributed by atoms with Crippen molar-refractivity contribution in [2.24, 2.45) is 0 Å². The molecule has 0 saturated heterocycles. The third kappa shape index (κ3) is 2.59. The molecular weight excluding hydrogens is 359 g/mol. The second-order valence-electron chi connectivity index (χ2n) is 7.35. The van der Waals surface area contributed by atoms with E-state index in [0.29, 0.717) is 17.8 Å². The van der Waals surface area contributed by atoms with Crippen LogP contribution in [-0.2, 0) is 6.42 Å². The zero-order valence-corrected chi connectivity index (χ0v) is 15.7. The van der Waals surface area contributed by atoms with Crippen LogP contribution in [0.2, 0.25) is 0 Å². The summed E-state index contributed by atoms with van der Waals surface area (Å²) in [6.45, 7) is 2.94. The molecule has 1 saturated carbocycles. The zero-order valence-electron chi connectivity index (χ0n) is 15.7. The Morgan fingerprint density at radius 3 is 2.93 bits per heavy atom. The van der Waals surface area contributed by atoms with E-state index in [0.717, 1.165) is 30.2 Å². The maximum atomic E-state index is 13.2. The molecule has 2 aliphatic rings. The number of fused-ring (bicyclic) bond motifs is 2. The number of alkyl halides is 1. The van der Waals surface area contributed by atoms with Gasteiger partial charge in [0.15, 0.2) is 17.2 Å². The number of amides is 1. The molecule has 1 aliphatic carbocycles. The van der Waals surface area contributed by atoms with Gasteiger partial charge in [-0.2, -0.15) is 0 Å². The summed E-state index contributed by atoms with van der Waals surface area (Å²) in [6, 6.07) is 7.80. The van der Waals surface area contributed by atoms with Crippen molar-refractivity contribution in [3.63, 3.8) is 0 Å². The Balaban J connectivity index is 1.58. The molecule has 5 rings (SSSR count). The lowest BCUT2D eigenvalue weighted by molar-refractivity contribution is 0.0940. The average molecular weight is 380 g/mol. The van der Waals surface area contributed by atoms with E-state index in [2.05, 4.69) is 39.6 Å². The summed E-state index contributed by atoms with van der Waals surface area (Å²) in [5.41, 5.74) is 5.37. The van der Waals surface area contributed by atoms with Crippen molar-refractivity contribution in [1.29, 1.82) is 0 Å². The lowest BCUT2D eigenvalue weighted by atomic mass is 10.1. The molecule has 28 heavy (non-hydrogen) atoms. The third-order valence-electron chi connectivity index (χ3n) is 5.52.